The molecule has 162 valence electrons. The minimum atomic E-state index is -0.379. The van der Waals surface area contributed by atoms with Crippen molar-refractivity contribution in [3.05, 3.63) is 51.9 Å². The van der Waals surface area contributed by atoms with Gasteiger partial charge in [-0.05, 0) is 42.0 Å². The molecule has 0 atom stereocenters. The molecule has 2 N–H and O–H groups in total. The summed E-state index contributed by atoms with van der Waals surface area (Å²) in [7, 11) is 3.09. The van der Waals surface area contributed by atoms with E-state index in [0.29, 0.717) is 25.7 Å². The van der Waals surface area contributed by atoms with Crippen molar-refractivity contribution in [1.82, 2.24) is 4.90 Å². The van der Waals surface area contributed by atoms with Crippen molar-refractivity contribution in [2.24, 2.45) is 0 Å². The highest BCUT2D eigenvalue weighted by Gasteiger charge is 2.32. The number of thioether (sulfide) groups is 1. The van der Waals surface area contributed by atoms with Gasteiger partial charge in [0.15, 0.2) is 11.5 Å². The number of anilines is 1. The second-order valence-electron chi connectivity index (χ2n) is 6.41. The fraction of sp³-hybridized carbons (Fsp3) is 0.190. The van der Waals surface area contributed by atoms with Crippen molar-refractivity contribution < 1.29 is 24.2 Å². The first-order valence-corrected chi connectivity index (χ1v) is 10.7. The monoisotopic (exact) mass is 478 g/mol. The molecule has 0 aromatic heterocycles. The molecule has 2 aromatic rings. The largest absolute Gasteiger partial charge is 0.506 e. The van der Waals surface area contributed by atoms with E-state index in [1.54, 1.807) is 31.4 Å². The molecule has 0 radical (unpaired) electrons. The maximum absolute atomic E-state index is 12.8. The Morgan fingerprint density at radius 2 is 1.97 bits per heavy atom. The summed E-state index contributed by atoms with van der Waals surface area (Å²) in [6.45, 7) is 0.112. The number of nitrogens with one attached hydrogen (secondary N) is 1. The number of amides is 2. The van der Waals surface area contributed by atoms with E-state index >= 15 is 0 Å². The molecular formula is C21H19ClN2O5S2. The Morgan fingerprint density at radius 3 is 2.68 bits per heavy atom. The van der Waals surface area contributed by atoms with Gasteiger partial charge >= 0.3 is 0 Å². The highest BCUT2D eigenvalue weighted by Crippen LogP contribution is 2.35. The molecule has 1 heterocycles. The number of aromatic hydroxyl groups is 1. The lowest BCUT2D eigenvalue weighted by Crippen LogP contribution is -2.31. The maximum atomic E-state index is 12.8. The molecule has 7 nitrogen and oxygen atoms in total. The van der Waals surface area contributed by atoms with Crippen LogP contribution >= 0.6 is 35.6 Å². The van der Waals surface area contributed by atoms with E-state index in [0.717, 1.165) is 5.56 Å². The van der Waals surface area contributed by atoms with Crippen LogP contribution in [0.1, 0.15) is 12.0 Å². The molecule has 1 aliphatic rings. The summed E-state index contributed by atoms with van der Waals surface area (Å²) in [5.74, 6) is 0.386. The molecule has 3 rings (SSSR count). The van der Waals surface area contributed by atoms with E-state index < -0.39 is 0 Å². The predicted molar refractivity (Wildman–Crippen MR) is 126 cm³/mol. The van der Waals surface area contributed by atoms with Crippen LogP contribution in [0.15, 0.2) is 41.3 Å². The second kappa shape index (κ2) is 10.0. The van der Waals surface area contributed by atoms with Crippen LogP contribution in [-0.4, -0.2) is 46.9 Å². The van der Waals surface area contributed by atoms with E-state index in [1.807, 2.05) is 0 Å². The zero-order chi connectivity index (χ0) is 22.5. The third-order valence-corrected chi connectivity index (χ3v) is 5.99. The predicted octanol–water partition coefficient (Wildman–Crippen LogP) is 4.29. The normalized spacial score (nSPS) is 14.8. The summed E-state index contributed by atoms with van der Waals surface area (Å²) >= 11 is 12.4. The van der Waals surface area contributed by atoms with Gasteiger partial charge in [0.1, 0.15) is 10.1 Å². The quantitative estimate of drug-likeness (QED) is 0.348. The molecule has 1 aliphatic heterocycles. The number of nitrogens with zero attached hydrogens (tertiary/aromatic N) is 1. The lowest BCUT2D eigenvalue weighted by molar-refractivity contribution is -0.122. The molecule has 0 unspecified atom stereocenters. The van der Waals surface area contributed by atoms with Crippen molar-refractivity contribution >= 4 is 63.5 Å². The Morgan fingerprint density at radius 1 is 1.23 bits per heavy atom. The fourth-order valence-electron chi connectivity index (χ4n) is 2.82. The Balaban J connectivity index is 1.65. The first-order valence-electron chi connectivity index (χ1n) is 9.08. The van der Waals surface area contributed by atoms with Crippen molar-refractivity contribution in [2.45, 2.75) is 6.42 Å². The van der Waals surface area contributed by atoms with Crippen molar-refractivity contribution in [3.63, 3.8) is 0 Å². The molecule has 1 fully saturated rings. The molecule has 0 aliphatic carbocycles. The molecule has 0 bridgehead atoms. The smallest absolute Gasteiger partial charge is 0.266 e. The van der Waals surface area contributed by atoms with Gasteiger partial charge in [0, 0.05) is 18.0 Å². The Bertz CT molecular complexity index is 1070. The van der Waals surface area contributed by atoms with Crippen LogP contribution in [0.2, 0.25) is 5.02 Å². The summed E-state index contributed by atoms with van der Waals surface area (Å²) < 4.78 is 10.9. The molecule has 2 aromatic carbocycles. The topological polar surface area (TPSA) is 88.1 Å². The highest BCUT2D eigenvalue weighted by atomic mass is 35.5. The van der Waals surface area contributed by atoms with Gasteiger partial charge in [-0.2, -0.15) is 0 Å². The molecule has 31 heavy (non-hydrogen) atoms. The number of methoxy groups -OCH3 is 2. The van der Waals surface area contributed by atoms with Gasteiger partial charge in [-0.1, -0.05) is 41.6 Å². The van der Waals surface area contributed by atoms with Crippen LogP contribution in [0.3, 0.4) is 0 Å². The lowest BCUT2D eigenvalue weighted by atomic mass is 10.2. The Hall–Kier alpha value is -2.75. The van der Waals surface area contributed by atoms with E-state index in [-0.39, 0.29) is 36.2 Å². The summed E-state index contributed by atoms with van der Waals surface area (Å²) in [6.07, 6.45) is 1.72. The van der Waals surface area contributed by atoms with E-state index in [2.05, 4.69) is 5.32 Å². The van der Waals surface area contributed by atoms with Crippen molar-refractivity contribution in [2.75, 3.05) is 26.1 Å². The van der Waals surface area contributed by atoms with Crippen LogP contribution in [0.5, 0.6) is 17.2 Å². The molecule has 1 saturated heterocycles. The number of phenolic OH excluding ortho intramolecular Hbond substituents is 1. The third kappa shape index (κ3) is 5.49. The van der Waals surface area contributed by atoms with Crippen LogP contribution in [0.4, 0.5) is 5.69 Å². The third-order valence-electron chi connectivity index (χ3n) is 4.37. The second-order valence-corrected chi connectivity index (χ2v) is 8.52. The summed E-state index contributed by atoms with van der Waals surface area (Å²) in [5.41, 5.74) is 0.962. The minimum absolute atomic E-state index is 0.00202. The van der Waals surface area contributed by atoms with E-state index in [4.69, 9.17) is 33.3 Å². The molecule has 10 heteroatoms. The van der Waals surface area contributed by atoms with Gasteiger partial charge in [-0.15, -0.1) is 0 Å². The zero-order valence-corrected chi connectivity index (χ0v) is 19.1. The SMILES string of the molecule is COc1ccc(C=C2SC(=S)N(CCC(=O)Nc3cc(Cl)ccc3O)C2=O)cc1OC. The number of benzene rings is 2. The Labute approximate surface area is 194 Å². The van der Waals surface area contributed by atoms with E-state index in [1.165, 1.54) is 42.0 Å². The maximum Gasteiger partial charge on any atom is 0.266 e. The first-order chi connectivity index (χ1) is 14.8. The van der Waals surface area contributed by atoms with Gasteiger partial charge in [0.25, 0.3) is 5.91 Å². The number of thiocarbonyl (C=S) groups is 1. The average molecular weight is 479 g/mol. The van der Waals surface area contributed by atoms with Gasteiger partial charge in [-0.25, -0.2) is 0 Å². The van der Waals surface area contributed by atoms with Crippen molar-refractivity contribution in [3.8, 4) is 17.2 Å². The number of hydrogen-bond donors (Lipinski definition) is 2. The minimum Gasteiger partial charge on any atom is -0.506 e. The zero-order valence-electron chi connectivity index (χ0n) is 16.7. The van der Waals surface area contributed by atoms with Crippen molar-refractivity contribution in [1.29, 1.82) is 0 Å². The summed E-state index contributed by atoms with van der Waals surface area (Å²) in [5, 5.41) is 12.8. The summed E-state index contributed by atoms with van der Waals surface area (Å²) in [4.78, 5) is 26.9. The number of phenols is 1. The van der Waals surface area contributed by atoms with E-state index in [9.17, 15) is 14.7 Å². The van der Waals surface area contributed by atoms with Gasteiger partial charge < -0.3 is 19.9 Å². The average Bonchev–Trinajstić information content (AvgIpc) is 3.01. The van der Waals surface area contributed by atoms with Crippen LogP contribution in [-0.2, 0) is 9.59 Å². The number of carbonyl (C=O) groups is 2. The Kier molecular flexibility index (Phi) is 7.42. The number of halogens is 1. The van der Waals surface area contributed by atoms with Crippen LogP contribution < -0.4 is 14.8 Å². The highest BCUT2D eigenvalue weighted by molar-refractivity contribution is 8.26. The van der Waals surface area contributed by atoms with Gasteiger partial charge in [0.2, 0.25) is 5.91 Å². The number of ether oxygens (including phenoxy) is 2. The van der Waals surface area contributed by atoms with Gasteiger partial charge in [-0.3, -0.25) is 14.5 Å². The van der Waals surface area contributed by atoms with Gasteiger partial charge in [0.05, 0.1) is 24.8 Å². The number of hydrogen-bond acceptors (Lipinski definition) is 7. The molecule has 0 saturated carbocycles. The molecule has 0 spiro atoms. The molecular weight excluding hydrogens is 460 g/mol. The lowest BCUT2D eigenvalue weighted by Gasteiger charge is -2.14. The standard InChI is InChI=1S/C21H19ClN2O5S2/c1-28-16-6-3-12(9-17(16)29-2)10-18-20(27)24(21(30)31-18)8-7-19(26)23-14-11-13(22)4-5-15(14)25/h3-6,9-11,25H,7-8H2,1-2H3,(H,23,26). The molecule has 2 amide bonds. The van der Waals surface area contributed by atoms with Crippen LogP contribution in [0.25, 0.3) is 6.08 Å². The van der Waals surface area contributed by atoms with Crippen LogP contribution in [0, 0.1) is 0 Å². The number of rotatable bonds is 7. The number of carbonyl (C=O) groups excluding carboxylic acids is 2. The summed E-state index contributed by atoms with van der Waals surface area (Å²) in [6, 6.07) is 9.66. The fourth-order valence-corrected chi connectivity index (χ4v) is 4.30. The first kappa shape index (κ1) is 22.9.